The minimum atomic E-state index is -1.79. The molecule has 0 radical (unpaired) electrons. The Hall–Kier alpha value is 0.780. The Morgan fingerprint density at radius 3 is 1.36 bits per heavy atom. The van der Waals surface area contributed by atoms with Gasteiger partial charge in [0.05, 0.1) is 6.42 Å². The molecule has 14 heavy (non-hydrogen) atoms. The van der Waals surface area contributed by atoms with Gasteiger partial charge in [-0.15, -0.1) is 0 Å². The van der Waals surface area contributed by atoms with Crippen LogP contribution in [0.4, 0.5) is 0 Å². The number of hydrogen-bond donors (Lipinski definition) is 3. The molecule has 0 fully saturated rings. The summed E-state index contributed by atoms with van der Waals surface area (Å²) in [5.74, 6) is -2.85. The summed E-state index contributed by atoms with van der Waals surface area (Å²) in [6, 6.07) is 0. The quantitative estimate of drug-likeness (QED) is 0.413. The van der Waals surface area contributed by atoms with Crippen LogP contribution in [0.15, 0.2) is 0 Å². The van der Waals surface area contributed by atoms with Gasteiger partial charge in [0.15, 0.2) is 6.10 Å². The summed E-state index contributed by atoms with van der Waals surface area (Å²) < 4.78 is 0. The van der Waals surface area contributed by atoms with E-state index in [9.17, 15) is 9.59 Å². The topological polar surface area (TPSA) is 189 Å². The van der Waals surface area contributed by atoms with Gasteiger partial charge in [-0.2, -0.15) is 0 Å². The van der Waals surface area contributed by atoms with E-state index in [1.165, 1.54) is 0 Å². The van der Waals surface area contributed by atoms with Crippen LogP contribution < -0.4 is 0 Å². The Morgan fingerprint density at radius 2 is 1.29 bits per heavy atom. The van der Waals surface area contributed by atoms with Crippen LogP contribution in [0.1, 0.15) is 6.42 Å². The number of carbonyl (C=O) groups is 2. The van der Waals surface area contributed by atoms with Crippen LogP contribution in [-0.2, 0) is 9.59 Å². The summed E-state index contributed by atoms with van der Waals surface area (Å²) in [5.41, 5.74) is 0. The van der Waals surface area contributed by atoms with Gasteiger partial charge >= 0.3 is 71.1 Å². The van der Waals surface area contributed by atoms with E-state index in [2.05, 4.69) is 0 Å². The number of aliphatic hydroxyl groups is 1. The SMILES string of the molecule is O.O.O.O=C(O)CC(O)C(=O)O.[NaH].[NaH]. The zero-order valence-electron chi connectivity index (χ0n) is 5.94. The van der Waals surface area contributed by atoms with Gasteiger partial charge in [-0.05, 0) is 0 Å². The van der Waals surface area contributed by atoms with Crippen LogP contribution in [0, 0.1) is 0 Å². The molecular weight excluding hydrogens is 222 g/mol. The van der Waals surface area contributed by atoms with Gasteiger partial charge in [-0.1, -0.05) is 0 Å². The molecule has 0 saturated heterocycles. The van der Waals surface area contributed by atoms with Gasteiger partial charge in [-0.25, -0.2) is 4.79 Å². The van der Waals surface area contributed by atoms with Gasteiger partial charge in [0.1, 0.15) is 0 Å². The molecule has 0 amide bonds. The summed E-state index contributed by atoms with van der Waals surface area (Å²) in [4.78, 5) is 19.4. The molecule has 0 aliphatic heterocycles. The minimum absolute atomic E-state index is 0. The molecule has 0 rings (SSSR count). The van der Waals surface area contributed by atoms with Crippen molar-refractivity contribution in [2.75, 3.05) is 0 Å². The van der Waals surface area contributed by atoms with Crippen molar-refractivity contribution in [1.29, 1.82) is 0 Å². The molecule has 1 atom stereocenters. The third-order valence-electron chi connectivity index (χ3n) is 0.653. The molecule has 0 spiro atoms. The summed E-state index contributed by atoms with van der Waals surface area (Å²) in [7, 11) is 0. The number of rotatable bonds is 3. The van der Waals surface area contributed by atoms with Crippen molar-refractivity contribution < 1.29 is 41.3 Å². The van der Waals surface area contributed by atoms with Crippen LogP contribution in [0.5, 0.6) is 0 Å². The summed E-state index contributed by atoms with van der Waals surface area (Å²) >= 11 is 0. The van der Waals surface area contributed by atoms with Gasteiger partial charge in [0.25, 0.3) is 0 Å². The van der Waals surface area contributed by atoms with Crippen molar-refractivity contribution in [1.82, 2.24) is 0 Å². The fourth-order valence-corrected chi connectivity index (χ4v) is 0.253. The van der Waals surface area contributed by atoms with Crippen molar-refractivity contribution in [2.24, 2.45) is 0 Å². The Kier molecular flexibility index (Phi) is 50.4. The van der Waals surface area contributed by atoms with Gasteiger partial charge < -0.3 is 31.7 Å². The molecule has 1 unspecified atom stereocenters. The van der Waals surface area contributed by atoms with E-state index >= 15 is 0 Å². The summed E-state index contributed by atoms with van der Waals surface area (Å²) in [5, 5.41) is 24.1. The molecule has 0 aromatic heterocycles. The average molecular weight is 236 g/mol. The molecule has 0 aliphatic carbocycles. The first-order valence-electron chi connectivity index (χ1n) is 2.16. The van der Waals surface area contributed by atoms with Crippen molar-refractivity contribution in [3.63, 3.8) is 0 Å². The predicted molar refractivity (Wildman–Crippen MR) is 51.0 cm³/mol. The van der Waals surface area contributed by atoms with Crippen LogP contribution in [0.2, 0.25) is 0 Å². The number of aliphatic hydroxyl groups excluding tert-OH is 1. The van der Waals surface area contributed by atoms with E-state index in [0.29, 0.717) is 0 Å². The summed E-state index contributed by atoms with van der Waals surface area (Å²) in [6.45, 7) is 0. The zero-order valence-corrected chi connectivity index (χ0v) is 5.94. The molecule has 0 bridgehead atoms. The van der Waals surface area contributed by atoms with Gasteiger partial charge in [-0.3, -0.25) is 4.79 Å². The van der Waals surface area contributed by atoms with Gasteiger partial charge in [0.2, 0.25) is 0 Å². The first-order valence-corrected chi connectivity index (χ1v) is 2.16. The standard InChI is InChI=1S/C4H6O5.2Na.3H2O.2H/c5-2(4(8)9)1-3(6)7;;;;;;;/h2,5H,1H2,(H,6,7)(H,8,9);;;3*1H2;;. The van der Waals surface area contributed by atoms with E-state index in [0.717, 1.165) is 0 Å². The first kappa shape index (κ1) is 36.4. The van der Waals surface area contributed by atoms with Crippen molar-refractivity contribution in [3.8, 4) is 0 Å². The van der Waals surface area contributed by atoms with E-state index in [1.807, 2.05) is 0 Å². The molecule has 80 valence electrons. The number of carboxylic acid groups (broad SMARTS) is 2. The van der Waals surface area contributed by atoms with Crippen molar-refractivity contribution >= 4 is 71.1 Å². The summed E-state index contributed by atoms with van der Waals surface area (Å²) in [6.07, 6.45) is -2.54. The van der Waals surface area contributed by atoms with E-state index in [4.69, 9.17) is 15.3 Å². The Morgan fingerprint density at radius 1 is 1.00 bits per heavy atom. The first-order chi connectivity index (χ1) is 4.04. The predicted octanol–water partition coefficient (Wildman–Crippen LogP) is -4.86. The molecule has 0 aliphatic rings. The molecule has 9 N–H and O–H groups in total. The third kappa shape index (κ3) is 23.0. The number of carboxylic acids is 2. The molecule has 0 aromatic carbocycles. The monoisotopic (exact) mass is 236 g/mol. The third-order valence-corrected chi connectivity index (χ3v) is 0.653. The molecule has 10 heteroatoms. The number of hydrogen-bond acceptors (Lipinski definition) is 3. The molecule has 0 aromatic rings. The second-order valence-electron chi connectivity index (χ2n) is 1.45. The van der Waals surface area contributed by atoms with Crippen LogP contribution in [0.25, 0.3) is 0 Å². The average Bonchev–Trinajstić information content (AvgIpc) is 1.63. The van der Waals surface area contributed by atoms with Crippen LogP contribution in [0.3, 0.4) is 0 Å². The van der Waals surface area contributed by atoms with Crippen LogP contribution >= 0.6 is 0 Å². The van der Waals surface area contributed by atoms with E-state index < -0.39 is 24.5 Å². The van der Waals surface area contributed by atoms with Crippen molar-refractivity contribution in [2.45, 2.75) is 12.5 Å². The van der Waals surface area contributed by atoms with Gasteiger partial charge in [0, 0.05) is 0 Å². The van der Waals surface area contributed by atoms with Crippen LogP contribution in [-0.4, -0.2) is 109 Å². The zero-order chi connectivity index (χ0) is 7.44. The molecule has 0 heterocycles. The molecule has 8 nitrogen and oxygen atoms in total. The Labute approximate surface area is 124 Å². The fraction of sp³-hybridized carbons (Fsp3) is 0.500. The fourth-order valence-electron chi connectivity index (χ4n) is 0.253. The van der Waals surface area contributed by atoms with E-state index in [1.54, 1.807) is 0 Å². The second kappa shape index (κ2) is 19.4. The normalized spacial score (nSPS) is 8.07. The second-order valence-corrected chi connectivity index (χ2v) is 1.45. The van der Waals surface area contributed by atoms with E-state index in [-0.39, 0.29) is 75.5 Å². The number of aliphatic carboxylic acids is 2. The van der Waals surface area contributed by atoms with Crippen molar-refractivity contribution in [3.05, 3.63) is 0 Å². The Balaban J connectivity index is -0.0000000320. The maximum atomic E-state index is 9.72. The Bertz CT molecular complexity index is 139. The molecule has 0 saturated carbocycles. The molecular formula is C4H14Na2O8. The maximum absolute atomic E-state index is 9.72.